The lowest BCUT2D eigenvalue weighted by Crippen LogP contribution is -2.48. The number of hydrogen-bond donors (Lipinski definition) is 1. The van der Waals surface area contributed by atoms with Gasteiger partial charge in [0.25, 0.3) is 0 Å². The monoisotopic (exact) mass is 249 g/mol. The van der Waals surface area contributed by atoms with Gasteiger partial charge in [-0.2, -0.15) is 0 Å². The standard InChI is InChI=1S/C14H19NO3/c1-10-8-18-9-12(15-10)7-14(16)11-3-5-13(17-2)6-4-11/h3-6,10,12,15H,7-9H2,1-2H3. The number of ether oxygens (including phenoxy) is 2. The van der Waals surface area contributed by atoms with Gasteiger partial charge in [-0.1, -0.05) is 0 Å². The van der Waals surface area contributed by atoms with Crippen molar-refractivity contribution < 1.29 is 14.3 Å². The minimum atomic E-state index is 0.114. The molecule has 1 N–H and O–H groups in total. The molecule has 98 valence electrons. The van der Waals surface area contributed by atoms with Gasteiger partial charge in [0.2, 0.25) is 0 Å². The molecule has 0 amide bonds. The zero-order chi connectivity index (χ0) is 13.0. The first-order chi connectivity index (χ1) is 8.69. The van der Waals surface area contributed by atoms with Crippen molar-refractivity contribution in [2.24, 2.45) is 0 Å². The molecule has 0 radical (unpaired) electrons. The Morgan fingerprint density at radius 1 is 1.39 bits per heavy atom. The first-order valence-electron chi connectivity index (χ1n) is 6.20. The predicted molar refractivity (Wildman–Crippen MR) is 69.1 cm³/mol. The average Bonchev–Trinajstić information content (AvgIpc) is 2.39. The third kappa shape index (κ3) is 3.31. The number of benzene rings is 1. The van der Waals surface area contributed by atoms with E-state index in [0.717, 1.165) is 11.3 Å². The first kappa shape index (κ1) is 13.1. The summed E-state index contributed by atoms with van der Waals surface area (Å²) in [5.74, 6) is 0.896. The van der Waals surface area contributed by atoms with E-state index in [1.165, 1.54) is 0 Å². The molecule has 1 aromatic carbocycles. The highest BCUT2D eigenvalue weighted by molar-refractivity contribution is 5.96. The van der Waals surface area contributed by atoms with Crippen molar-refractivity contribution in [3.63, 3.8) is 0 Å². The van der Waals surface area contributed by atoms with Crippen LogP contribution in [0.15, 0.2) is 24.3 Å². The minimum absolute atomic E-state index is 0.114. The molecular formula is C14H19NO3. The largest absolute Gasteiger partial charge is 0.497 e. The summed E-state index contributed by atoms with van der Waals surface area (Å²) in [5, 5.41) is 3.37. The highest BCUT2D eigenvalue weighted by atomic mass is 16.5. The second-order valence-electron chi connectivity index (χ2n) is 4.66. The summed E-state index contributed by atoms with van der Waals surface area (Å²) < 4.78 is 10.5. The molecule has 1 heterocycles. The topological polar surface area (TPSA) is 47.6 Å². The highest BCUT2D eigenvalue weighted by Crippen LogP contribution is 2.14. The Morgan fingerprint density at radius 3 is 2.72 bits per heavy atom. The number of morpholine rings is 1. The van der Waals surface area contributed by atoms with Gasteiger partial charge in [0.15, 0.2) is 5.78 Å². The van der Waals surface area contributed by atoms with Crippen LogP contribution < -0.4 is 10.1 Å². The Labute approximate surface area is 107 Å². The van der Waals surface area contributed by atoms with E-state index in [2.05, 4.69) is 12.2 Å². The van der Waals surface area contributed by atoms with E-state index in [9.17, 15) is 4.79 Å². The van der Waals surface area contributed by atoms with Gasteiger partial charge >= 0.3 is 0 Å². The van der Waals surface area contributed by atoms with Gasteiger partial charge in [-0.3, -0.25) is 4.79 Å². The number of rotatable bonds is 4. The van der Waals surface area contributed by atoms with Crippen molar-refractivity contribution in [2.45, 2.75) is 25.4 Å². The molecule has 1 aliphatic heterocycles. The maximum absolute atomic E-state index is 12.1. The molecule has 1 aliphatic rings. The molecule has 2 unspecified atom stereocenters. The van der Waals surface area contributed by atoms with Crippen LogP contribution >= 0.6 is 0 Å². The van der Waals surface area contributed by atoms with Crippen LogP contribution in [-0.4, -0.2) is 38.2 Å². The molecule has 4 heteroatoms. The zero-order valence-electron chi connectivity index (χ0n) is 10.8. The summed E-state index contributed by atoms with van der Waals surface area (Å²) in [6, 6.07) is 7.64. The number of ketones is 1. The third-order valence-electron chi connectivity index (χ3n) is 3.05. The lowest BCUT2D eigenvalue weighted by Gasteiger charge is -2.28. The molecule has 0 saturated carbocycles. The predicted octanol–water partition coefficient (Wildman–Crippen LogP) is 1.64. The Hall–Kier alpha value is -1.39. The van der Waals surface area contributed by atoms with E-state index in [1.54, 1.807) is 31.4 Å². The lowest BCUT2D eigenvalue weighted by molar-refractivity contribution is 0.0463. The number of carbonyl (C=O) groups excluding carboxylic acids is 1. The Bertz CT molecular complexity index is 402. The molecule has 1 aromatic rings. The van der Waals surface area contributed by atoms with Crippen LogP contribution in [0.1, 0.15) is 23.7 Å². The van der Waals surface area contributed by atoms with Gasteiger partial charge in [-0.25, -0.2) is 0 Å². The van der Waals surface area contributed by atoms with E-state index in [0.29, 0.717) is 25.7 Å². The Kier molecular flexibility index (Phi) is 4.33. The lowest BCUT2D eigenvalue weighted by atomic mass is 10.0. The van der Waals surface area contributed by atoms with Crippen molar-refractivity contribution in [3.8, 4) is 5.75 Å². The van der Waals surface area contributed by atoms with E-state index in [4.69, 9.17) is 9.47 Å². The van der Waals surface area contributed by atoms with Crippen LogP contribution in [0, 0.1) is 0 Å². The SMILES string of the molecule is COc1ccc(C(=O)CC2COCC(C)N2)cc1. The minimum Gasteiger partial charge on any atom is -0.497 e. The fourth-order valence-electron chi connectivity index (χ4n) is 2.12. The van der Waals surface area contributed by atoms with Gasteiger partial charge in [0.05, 0.1) is 20.3 Å². The molecule has 18 heavy (non-hydrogen) atoms. The van der Waals surface area contributed by atoms with Crippen LogP contribution in [0.5, 0.6) is 5.75 Å². The third-order valence-corrected chi connectivity index (χ3v) is 3.05. The fourth-order valence-corrected chi connectivity index (χ4v) is 2.12. The van der Waals surface area contributed by atoms with Crippen LogP contribution in [0.4, 0.5) is 0 Å². The van der Waals surface area contributed by atoms with Gasteiger partial charge in [0, 0.05) is 24.1 Å². The number of hydrogen-bond acceptors (Lipinski definition) is 4. The second-order valence-corrected chi connectivity index (χ2v) is 4.66. The van der Waals surface area contributed by atoms with Crippen LogP contribution in [-0.2, 0) is 4.74 Å². The zero-order valence-corrected chi connectivity index (χ0v) is 10.8. The van der Waals surface area contributed by atoms with Crippen molar-refractivity contribution >= 4 is 5.78 Å². The molecule has 0 aliphatic carbocycles. The summed E-state index contributed by atoms with van der Waals surface area (Å²) in [6.07, 6.45) is 0.469. The highest BCUT2D eigenvalue weighted by Gasteiger charge is 2.21. The summed E-state index contributed by atoms with van der Waals surface area (Å²) in [7, 11) is 1.61. The Balaban J connectivity index is 1.94. The molecular weight excluding hydrogens is 230 g/mol. The molecule has 4 nitrogen and oxygen atoms in total. The molecule has 1 fully saturated rings. The summed E-state index contributed by atoms with van der Waals surface area (Å²) in [6.45, 7) is 3.38. The molecule has 0 spiro atoms. The maximum Gasteiger partial charge on any atom is 0.164 e. The maximum atomic E-state index is 12.1. The smallest absolute Gasteiger partial charge is 0.164 e. The fraction of sp³-hybridized carbons (Fsp3) is 0.500. The number of methoxy groups -OCH3 is 1. The van der Waals surface area contributed by atoms with Gasteiger partial charge in [-0.05, 0) is 31.2 Å². The van der Waals surface area contributed by atoms with Crippen molar-refractivity contribution in [1.29, 1.82) is 0 Å². The molecule has 2 atom stereocenters. The Morgan fingerprint density at radius 2 is 2.11 bits per heavy atom. The first-order valence-corrected chi connectivity index (χ1v) is 6.20. The van der Waals surface area contributed by atoms with Gasteiger partial charge in [0.1, 0.15) is 5.75 Å². The van der Waals surface area contributed by atoms with E-state index in [1.807, 2.05) is 0 Å². The quantitative estimate of drug-likeness (QED) is 0.824. The van der Waals surface area contributed by atoms with Crippen LogP contribution in [0.2, 0.25) is 0 Å². The van der Waals surface area contributed by atoms with E-state index in [-0.39, 0.29) is 11.8 Å². The molecule has 2 rings (SSSR count). The normalized spacial score (nSPS) is 23.7. The molecule has 0 bridgehead atoms. The van der Waals surface area contributed by atoms with Crippen LogP contribution in [0.25, 0.3) is 0 Å². The number of Topliss-reactive ketones (excluding diaryl/α,β-unsaturated/α-hetero) is 1. The van der Waals surface area contributed by atoms with E-state index >= 15 is 0 Å². The number of carbonyl (C=O) groups is 1. The van der Waals surface area contributed by atoms with Crippen molar-refractivity contribution in [3.05, 3.63) is 29.8 Å². The summed E-state index contributed by atoms with van der Waals surface area (Å²) in [5.41, 5.74) is 0.718. The molecule has 1 saturated heterocycles. The second kappa shape index (κ2) is 5.98. The van der Waals surface area contributed by atoms with Crippen molar-refractivity contribution in [1.82, 2.24) is 5.32 Å². The molecule has 0 aromatic heterocycles. The average molecular weight is 249 g/mol. The van der Waals surface area contributed by atoms with Crippen LogP contribution in [0.3, 0.4) is 0 Å². The summed E-state index contributed by atoms with van der Waals surface area (Å²) in [4.78, 5) is 12.1. The van der Waals surface area contributed by atoms with Crippen molar-refractivity contribution in [2.75, 3.05) is 20.3 Å². The summed E-state index contributed by atoms with van der Waals surface area (Å²) >= 11 is 0. The van der Waals surface area contributed by atoms with E-state index < -0.39 is 0 Å². The van der Waals surface area contributed by atoms with Gasteiger partial charge in [-0.15, -0.1) is 0 Å². The van der Waals surface area contributed by atoms with Gasteiger partial charge < -0.3 is 14.8 Å². The number of nitrogens with one attached hydrogen (secondary N) is 1.